The molecule has 2 N–H and O–H groups in total. The number of piperidine rings is 1. The average molecular weight is 1130 g/mol. The third-order valence-electron chi connectivity index (χ3n) is 18.7. The first-order valence-corrected chi connectivity index (χ1v) is 32.8. The minimum absolute atomic E-state index is 0.0198. The molecular weight excluding hydrogens is 1050 g/mol. The highest BCUT2D eigenvalue weighted by Crippen LogP contribution is 2.68. The lowest BCUT2D eigenvalue weighted by atomic mass is 9.47. The molecule has 428 valence electrons. The highest BCUT2D eigenvalue weighted by molar-refractivity contribution is 7.85. The molecule has 5 aliphatic heterocycles. The maximum Gasteiger partial charge on any atom is 0.344 e. The van der Waals surface area contributed by atoms with Crippen LogP contribution >= 0.6 is 0 Å². The molecule has 16 nitrogen and oxygen atoms in total. The number of esters is 3. The molecule has 5 aromatic rings. The Labute approximate surface area is 471 Å². The Morgan fingerprint density at radius 2 is 1.60 bits per heavy atom. The number of ether oxygens (including phenoxy) is 4. The Morgan fingerprint density at radius 1 is 0.912 bits per heavy atom. The molecule has 18 heteroatoms. The number of nitrogens with zero attached hydrogens (tertiary/aromatic N) is 3. The number of H-pyrrole nitrogens is 1. The molecule has 1 unspecified atom stereocenters. The second kappa shape index (κ2) is 20.5. The van der Waals surface area contributed by atoms with Crippen molar-refractivity contribution in [3.8, 4) is 5.75 Å². The van der Waals surface area contributed by atoms with Crippen molar-refractivity contribution >= 4 is 52.9 Å². The highest BCUT2D eigenvalue weighted by atomic mass is 32.2. The summed E-state index contributed by atoms with van der Waals surface area (Å²) in [4.78, 5) is 51.8. The number of quaternary nitrogens is 1. The zero-order chi connectivity index (χ0) is 57.6. The second-order valence-corrected chi connectivity index (χ2v) is 30.7. The van der Waals surface area contributed by atoms with Crippen LogP contribution in [0.25, 0.3) is 10.9 Å². The van der Waals surface area contributed by atoms with E-state index in [1.54, 1.807) is 19.2 Å². The molecule has 2 saturated heterocycles. The zero-order valence-electron chi connectivity index (χ0n) is 48.1. The number of aromatic nitrogens is 1. The van der Waals surface area contributed by atoms with Gasteiger partial charge in [-0.3, -0.25) is 14.5 Å². The van der Waals surface area contributed by atoms with E-state index in [0.29, 0.717) is 50.1 Å². The van der Waals surface area contributed by atoms with Gasteiger partial charge in [0.05, 0.1) is 45.4 Å². The van der Waals surface area contributed by atoms with Crippen LogP contribution in [0.2, 0.25) is 19.6 Å². The van der Waals surface area contributed by atoms with E-state index in [1.165, 1.54) is 38.8 Å². The van der Waals surface area contributed by atoms with E-state index in [4.69, 9.17) is 23.4 Å². The number of likely N-dealkylation sites (N-methyl/N-ethyl adjacent to an activating group) is 1. The average Bonchev–Trinajstić information content (AvgIpc) is 2.56. The normalized spacial score (nSPS) is 31.4. The Bertz CT molecular complexity index is 3370. The van der Waals surface area contributed by atoms with Crippen molar-refractivity contribution < 1.29 is 60.3 Å². The van der Waals surface area contributed by atoms with E-state index >= 15 is 4.79 Å². The Kier molecular flexibility index (Phi) is 14.7. The van der Waals surface area contributed by atoms with Gasteiger partial charge in [0.1, 0.15) is 40.0 Å². The van der Waals surface area contributed by atoms with Crippen LogP contribution in [0.4, 0.5) is 5.69 Å². The van der Waals surface area contributed by atoms with Gasteiger partial charge in [-0.25, -0.2) is 13.2 Å². The number of fused-ring (bicyclic) bond motifs is 6. The van der Waals surface area contributed by atoms with E-state index in [1.807, 2.05) is 37.9 Å². The summed E-state index contributed by atoms with van der Waals surface area (Å²) < 4.78 is 63.8. The number of anilines is 1. The van der Waals surface area contributed by atoms with Crippen molar-refractivity contribution in [2.24, 2.45) is 11.3 Å². The van der Waals surface area contributed by atoms with Crippen molar-refractivity contribution in [2.45, 2.75) is 131 Å². The number of hydrogen-bond acceptors (Lipinski definition) is 14. The zero-order valence-corrected chi connectivity index (χ0v) is 49.9. The first kappa shape index (κ1) is 57.4. The molecule has 80 heavy (non-hydrogen) atoms. The van der Waals surface area contributed by atoms with Gasteiger partial charge in [-0.1, -0.05) is 85.3 Å². The molecule has 1 saturated carbocycles. The highest BCUT2D eigenvalue weighted by Gasteiger charge is 2.80. The summed E-state index contributed by atoms with van der Waals surface area (Å²) in [5.41, 5.74) is 1.23. The van der Waals surface area contributed by atoms with E-state index in [2.05, 4.69) is 103 Å². The van der Waals surface area contributed by atoms with E-state index in [0.717, 1.165) is 76.1 Å². The Balaban J connectivity index is 0.000000587. The van der Waals surface area contributed by atoms with Gasteiger partial charge in [-0.05, 0) is 101 Å². The largest absolute Gasteiger partial charge is 0.744 e. The lowest BCUT2D eigenvalue weighted by molar-refractivity contribution is -0.954. The minimum Gasteiger partial charge on any atom is -0.744 e. The summed E-state index contributed by atoms with van der Waals surface area (Å²) >= 11 is 0. The smallest absolute Gasteiger partial charge is 0.344 e. The second-order valence-electron chi connectivity index (χ2n) is 24.9. The van der Waals surface area contributed by atoms with Crippen molar-refractivity contribution in [3.05, 3.63) is 137 Å². The monoisotopic (exact) mass is 1130 g/mol. The molecule has 1 aromatic heterocycles. The lowest BCUT2D eigenvalue weighted by Gasteiger charge is -2.63. The van der Waals surface area contributed by atoms with Crippen LogP contribution in [0.1, 0.15) is 80.0 Å². The van der Waals surface area contributed by atoms with Gasteiger partial charge in [0.2, 0.25) is 5.60 Å². The van der Waals surface area contributed by atoms with Crippen LogP contribution < -0.4 is 9.64 Å². The summed E-state index contributed by atoms with van der Waals surface area (Å²) in [6.45, 7) is 18.9. The number of nitrogens with one attached hydrogen (secondary N) is 1. The van der Waals surface area contributed by atoms with Crippen molar-refractivity contribution in [1.82, 2.24) is 9.88 Å². The molecular formula is C62H78N4O12SSi. The number of aryl methyl sites for hydroxylation is 1. The molecule has 0 amide bonds. The summed E-state index contributed by atoms with van der Waals surface area (Å²) in [5.74, 6) is -1.38. The first-order chi connectivity index (χ1) is 37.8. The van der Waals surface area contributed by atoms with Crippen molar-refractivity contribution in [1.29, 1.82) is 0 Å². The Hall–Kier alpha value is -5.86. The first-order valence-electron chi connectivity index (χ1n) is 27.9. The number of rotatable bonds is 11. The fraction of sp³-hybridized carbons (Fsp3) is 0.500. The predicted molar refractivity (Wildman–Crippen MR) is 306 cm³/mol. The molecule has 3 fully saturated rings. The molecule has 6 aliphatic rings. The molecule has 1 spiro atoms. The van der Waals surface area contributed by atoms with Gasteiger partial charge in [-0.15, -0.1) is 0 Å². The molecule has 2 bridgehead atoms. The van der Waals surface area contributed by atoms with E-state index < -0.39 is 75.9 Å². The quantitative estimate of drug-likeness (QED) is 0.0322. The molecule has 0 radical (unpaired) electrons. The van der Waals surface area contributed by atoms with Gasteiger partial charge < -0.3 is 47.4 Å². The lowest BCUT2D eigenvalue weighted by Crippen LogP contribution is -2.81. The number of hydrogen-bond donors (Lipinski definition) is 2. The predicted octanol–water partition coefficient (Wildman–Crippen LogP) is 8.07. The van der Waals surface area contributed by atoms with Gasteiger partial charge in [0.25, 0.3) is 0 Å². The SMILES string of the molecule is CC[C@]12C=CCN3CC[C@@]4(c5cc([C@@]6(C(=O)OC)C[C@@H]7C[C@](C)(O[Si](C)(C)C)C[N+](Cc8ccccc8)(CCc8c6[nH]c6ccccc86)C7)c(OC)cc5N(C)[C@H]4[C@@](O)(C(=O)OC)[C@@H]1OC(C)=O)[C@@H]32.Cc1ccc(S(=O)(=O)[O-])cc1. The standard InChI is InChI=1S/C55H71N4O9Si.C7H8O3S/c1-11-52-23-17-25-58-26-24-53(46(52)58)40-28-41(44(64-5)29-43(40)57(4)47(53)55(63,50(62)66-7)48(52)67-35(2)60)54(49(61)65-6)31-37-30-51(3,68-69(8,9)10)34-59(33-37,32-36-18-13-12-14-19-36)27-22-39-38-20-15-16-21-42(38)56-45(39)54;1-6-2-4-7(5-3-6)11(8,9)10/h12-21,23,28-29,37,46-48,56,63H,11,22,24-27,30-34H2,1-10H3;2-5H,1H3,(H,8,9,10)/q+1;/p-1/t37-,46-,47+,48+,51-,52+,53+,54-,55-,59?;/m0./s1. The molecule has 11 rings (SSSR count). The van der Waals surface area contributed by atoms with Gasteiger partial charge in [0, 0.05) is 89.2 Å². The van der Waals surface area contributed by atoms with Crippen LogP contribution in [-0.2, 0) is 66.9 Å². The van der Waals surface area contributed by atoms with Crippen molar-refractivity contribution in [2.75, 3.05) is 66.0 Å². The topological polar surface area (TPSA) is 197 Å². The number of aliphatic hydroxyl groups is 1. The van der Waals surface area contributed by atoms with E-state index in [-0.39, 0.29) is 16.9 Å². The minimum atomic E-state index is -4.27. The molecule has 6 heterocycles. The number of para-hydroxylation sites is 1. The maximum atomic E-state index is 15.9. The van der Waals surface area contributed by atoms with Gasteiger partial charge in [-0.2, -0.15) is 0 Å². The van der Waals surface area contributed by atoms with E-state index in [9.17, 15) is 27.7 Å². The number of carbonyl (C=O) groups excluding carboxylic acids is 3. The van der Waals surface area contributed by atoms with Crippen LogP contribution in [-0.4, -0.2) is 149 Å². The third-order valence-corrected chi connectivity index (χ3v) is 20.6. The Morgan fingerprint density at radius 3 is 2.24 bits per heavy atom. The summed E-state index contributed by atoms with van der Waals surface area (Å²) in [7, 11) is -0.0532. The number of methoxy groups -OCH3 is 3. The van der Waals surface area contributed by atoms with Crippen LogP contribution in [0.15, 0.2) is 108 Å². The van der Waals surface area contributed by atoms with Gasteiger partial charge >= 0.3 is 17.9 Å². The molecule has 1 aliphatic carbocycles. The fourth-order valence-corrected chi connectivity index (χ4v) is 18.7. The van der Waals surface area contributed by atoms with Gasteiger partial charge in [0.15, 0.2) is 14.4 Å². The summed E-state index contributed by atoms with van der Waals surface area (Å²) in [6.07, 6.45) is 5.77. The number of aromatic amines is 1. The van der Waals surface area contributed by atoms with Crippen LogP contribution in [0, 0.1) is 18.3 Å². The molecule has 4 aromatic carbocycles. The van der Waals surface area contributed by atoms with Crippen LogP contribution in [0.3, 0.4) is 0 Å². The van der Waals surface area contributed by atoms with Crippen molar-refractivity contribution in [3.63, 3.8) is 0 Å². The summed E-state index contributed by atoms with van der Waals surface area (Å²) in [6, 6.07) is 27.9. The molecule has 10 atom stereocenters. The number of benzene rings is 4. The number of carbonyl (C=O) groups is 3. The maximum absolute atomic E-state index is 15.9. The fourth-order valence-electron chi connectivity index (χ4n) is 16.6. The summed E-state index contributed by atoms with van der Waals surface area (Å²) in [5, 5.41) is 14.6. The van der Waals surface area contributed by atoms with Crippen LogP contribution in [0.5, 0.6) is 5.75 Å². The third kappa shape index (κ3) is 9.21.